The quantitative estimate of drug-likeness (QED) is 0.295. The second-order valence-corrected chi connectivity index (χ2v) is 8.47. The molecule has 0 aliphatic rings. The molecule has 0 fully saturated rings. The van der Waals surface area contributed by atoms with Crippen molar-refractivity contribution < 1.29 is 15.1 Å². The predicted octanol–water partition coefficient (Wildman–Crippen LogP) is 4.79. The standard InChI is InChI=1S/C24H23NO4S/c1-15-3-2-4-18(11-15)29-19-8-10-22-21(13-19)24(27)20-9-6-16(12-23(20)30-22)5-7-17(14-26)25-28/h2-4,6,8-13,17,25-26,28H,5,7,14H2,1H3. The minimum Gasteiger partial charge on any atom is -0.457 e. The number of benzene rings is 3. The van der Waals surface area contributed by atoms with Crippen molar-refractivity contribution in [3.63, 3.8) is 0 Å². The average molecular weight is 422 g/mol. The van der Waals surface area contributed by atoms with E-state index in [-0.39, 0.29) is 18.1 Å². The summed E-state index contributed by atoms with van der Waals surface area (Å²) >= 11 is 1.57. The van der Waals surface area contributed by atoms with Crippen LogP contribution in [0.3, 0.4) is 0 Å². The molecule has 0 aliphatic carbocycles. The number of ether oxygens (including phenoxy) is 1. The van der Waals surface area contributed by atoms with Gasteiger partial charge in [0.25, 0.3) is 0 Å². The Balaban J connectivity index is 1.66. The molecule has 0 aliphatic heterocycles. The molecule has 154 valence electrons. The first-order valence-corrected chi connectivity index (χ1v) is 10.6. The molecule has 5 nitrogen and oxygen atoms in total. The molecule has 0 amide bonds. The van der Waals surface area contributed by atoms with E-state index in [0.717, 1.165) is 26.3 Å². The van der Waals surface area contributed by atoms with Gasteiger partial charge in [-0.3, -0.25) is 4.79 Å². The number of hydrogen-bond acceptors (Lipinski definition) is 6. The highest BCUT2D eigenvalue weighted by atomic mass is 32.1. The maximum Gasteiger partial charge on any atom is 0.196 e. The van der Waals surface area contributed by atoms with E-state index in [0.29, 0.717) is 29.4 Å². The summed E-state index contributed by atoms with van der Waals surface area (Å²) < 4.78 is 7.78. The molecule has 3 aromatic carbocycles. The Kier molecular flexibility index (Phi) is 6.11. The van der Waals surface area contributed by atoms with Crippen molar-refractivity contribution in [3.05, 3.63) is 82.0 Å². The van der Waals surface area contributed by atoms with Crippen LogP contribution in [-0.2, 0) is 6.42 Å². The van der Waals surface area contributed by atoms with Gasteiger partial charge in [-0.15, -0.1) is 11.3 Å². The summed E-state index contributed by atoms with van der Waals surface area (Å²) in [5.74, 6) is 1.38. The van der Waals surface area contributed by atoms with Crippen LogP contribution >= 0.6 is 11.3 Å². The molecule has 30 heavy (non-hydrogen) atoms. The number of rotatable bonds is 7. The van der Waals surface area contributed by atoms with Crippen molar-refractivity contribution in [3.8, 4) is 11.5 Å². The Bertz CT molecular complexity index is 1250. The molecular formula is C24H23NO4S. The van der Waals surface area contributed by atoms with Gasteiger partial charge in [-0.2, -0.15) is 0 Å². The molecule has 1 heterocycles. The van der Waals surface area contributed by atoms with Gasteiger partial charge in [0.2, 0.25) is 0 Å². The Labute approximate surface area is 178 Å². The molecule has 3 N–H and O–H groups in total. The monoisotopic (exact) mass is 421 g/mol. The fourth-order valence-corrected chi connectivity index (χ4v) is 4.56. The third-order valence-electron chi connectivity index (χ3n) is 5.12. The second-order valence-electron chi connectivity index (χ2n) is 7.39. The third-order valence-corrected chi connectivity index (χ3v) is 6.25. The lowest BCUT2D eigenvalue weighted by molar-refractivity contribution is 0.0865. The zero-order valence-electron chi connectivity index (χ0n) is 16.6. The van der Waals surface area contributed by atoms with Crippen molar-refractivity contribution in [1.82, 2.24) is 5.48 Å². The molecule has 0 bridgehead atoms. The van der Waals surface area contributed by atoms with Crippen molar-refractivity contribution in [1.29, 1.82) is 0 Å². The van der Waals surface area contributed by atoms with Crippen molar-refractivity contribution in [2.24, 2.45) is 0 Å². The summed E-state index contributed by atoms with van der Waals surface area (Å²) in [7, 11) is 0. The van der Waals surface area contributed by atoms with Gasteiger partial charge in [0.1, 0.15) is 11.5 Å². The van der Waals surface area contributed by atoms with Crippen molar-refractivity contribution >= 4 is 31.5 Å². The number of fused-ring (bicyclic) bond motifs is 2. The molecule has 4 rings (SSSR count). The zero-order chi connectivity index (χ0) is 21.1. The van der Waals surface area contributed by atoms with E-state index < -0.39 is 0 Å². The smallest absolute Gasteiger partial charge is 0.196 e. The minimum atomic E-state index is -0.358. The summed E-state index contributed by atoms with van der Waals surface area (Å²) in [5.41, 5.74) is 4.27. The van der Waals surface area contributed by atoms with Gasteiger partial charge < -0.3 is 15.1 Å². The normalized spacial score (nSPS) is 12.4. The number of aliphatic hydroxyl groups excluding tert-OH is 1. The van der Waals surface area contributed by atoms with Gasteiger partial charge in [-0.05, 0) is 73.4 Å². The molecular weight excluding hydrogens is 398 g/mol. The highest BCUT2D eigenvalue weighted by Gasteiger charge is 2.10. The number of hydrogen-bond donors (Lipinski definition) is 3. The van der Waals surface area contributed by atoms with Gasteiger partial charge in [0.05, 0.1) is 12.6 Å². The largest absolute Gasteiger partial charge is 0.457 e. The SMILES string of the molecule is Cc1cccc(Oc2ccc3sc4cc(CCC(CO)NO)ccc4c(=O)c3c2)c1. The Morgan fingerprint density at radius 2 is 1.83 bits per heavy atom. The lowest BCUT2D eigenvalue weighted by atomic mass is 10.0. The van der Waals surface area contributed by atoms with Crippen LogP contribution in [0.5, 0.6) is 11.5 Å². The Morgan fingerprint density at radius 1 is 1.00 bits per heavy atom. The van der Waals surface area contributed by atoms with Crippen LogP contribution in [0.2, 0.25) is 0 Å². The van der Waals surface area contributed by atoms with Gasteiger partial charge in [-0.25, -0.2) is 5.48 Å². The van der Waals surface area contributed by atoms with E-state index >= 15 is 0 Å². The van der Waals surface area contributed by atoms with Crippen LogP contribution in [0, 0.1) is 6.92 Å². The summed E-state index contributed by atoms with van der Waals surface area (Å²) in [6.07, 6.45) is 1.29. The first-order chi connectivity index (χ1) is 14.6. The summed E-state index contributed by atoms with van der Waals surface area (Å²) in [5, 5.41) is 19.5. The highest BCUT2D eigenvalue weighted by Crippen LogP contribution is 2.30. The highest BCUT2D eigenvalue weighted by molar-refractivity contribution is 7.24. The maximum atomic E-state index is 13.1. The average Bonchev–Trinajstić information content (AvgIpc) is 2.75. The van der Waals surface area contributed by atoms with E-state index in [1.165, 1.54) is 0 Å². The van der Waals surface area contributed by atoms with E-state index in [1.54, 1.807) is 11.3 Å². The molecule has 4 aromatic rings. The molecule has 0 saturated heterocycles. The molecule has 0 saturated carbocycles. The maximum absolute atomic E-state index is 13.1. The van der Waals surface area contributed by atoms with Gasteiger partial charge in [-0.1, -0.05) is 18.2 Å². The first kappa shape index (κ1) is 20.5. The van der Waals surface area contributed by atoms with Crippen LogP contribution in [0.4, 0.5) is 0 Å². The third kappa shape index (κ3) is 4.37. The van der Waals surface area contributed by atoms with Crippen LogP contribution in [-0.4, -0.2) is 23.0 Å². The molecule has 1 atom stereocenters. The van der Waals surface area contributed by atoms with Gasteiger partial charge in [0.15, 0.2) is 5.43 Å². The number of aliphatic hydroxyl groups is 1. The first-order valence-electron chi connectivity index (χ1n) is 9.82. The van der Waals surface area contributed by atoms with Crippen LogP contribution in [0.15, 0.2) is 65.5 Å². The lowest BCUT2D eigenvalue weighted by Crippen LogP contribution is -2.29. The number of aryl methyl sites for hydroxylation is 2. The lowest BCUT2D eigenvalue weighted by Gasteiger charge is -2.12. The number of nitrogens with one attached hydrogen (secondary N) is 1. The van der Waals surface area contributed by atoms with E-state index in [1.807, 2.05) is 67.6 Å². The summed E-state index contributed by atoms with van der Waals surface area (Å²) in [6.45, 7) is 1.88. The Hall–Kier alpha value is -2.77. The van der Waals surface area contributed by atoms with E-state index in [4.69, 9.17) is 9.94 Å². The van der Waals surface area contributed by atoms with Crippen LogP contribution < -0.4 is 15.6 Å². The molecule has 0 spiro atoms. The fraction of sp³-hybridized carbons (Fsp3) is 0.208. The van der Waals surface area contributed by atoms with Crippen molar-refractivity contribution in [2.75, 3.05) is 6.61 Å². The van der Waals surface area contributed by atoms with Crippen LogP contribution in [0.25, 0.3) is 20.2 Å². The van der Waals surface area contributed by atoms with Crippen molar-refractivity contribution in [2.45, 2.75) is 25.8 Å². The molecule has 6 heteroatoms. The van der Waals surface area contributed by atoms with Gasteiger partial charge in [0, 0.05) is 20.2 Å². The predicted molar refractivity (Wildman–Crippen MR) is 121 cm³/mol. The minimum absolute atomic E-state index is 0.00903. The van der Waals surface area contributed by atoms with Crippen LogP contribution in [0.1, 0.15) is 17.5 Å². The number of hydroxylamine groups is 1. The van der Waals surface area contributed by atoms with Gasteiger partial charge >= 0.3 is 0 Å². The summed E-state index contributed by atoms with van der Waals surface area (Å²) in [4.78, 5) is 13.1. The molecule has 0 radical (unpaired) electrons. The van der Waals surface area contributed by atoms with E-state index in [2.05, 4.69) is 5.48 Å². The Morgan fingerprint density at radius 3 is 2.60 bits per heavy atom. The van der Waals surface area contributed by atoms with E-state index in [9.17, 15) is 9.90 Å². The second kappa shape index (κ2) is 8.93. The fourth-order valence-electron chi connectivity index (χ4n) is 3.45. The molecule has 1 aromatic heterocycles. The topological polar surface area (TPSA) is 78.8 Å². The molecule has 1 unspecified atom stereocenters. The summed E-state index contributed by atoms with van der Waals surface area (Å²) in [6, 6.07) is 18.9. The zero-order valence-corrected chi connectivity index (χ0v) is 17.4.